The van der Waals surface area contributed by atoms with Crippen molar-refractivity contribution >= 4 is 11.9 Å². The molecule has 0 bridgehead atoms. The van der Waals surface area contributed by atoms with Crippen molar-refractivity contribution in [1.82, 2.24) is 5.32 Å². The Kier molecular flexibility index (Phi) is 5.49. The molecule has 6 heteroatoms. The zero-order valence-electron chi connectivity index (χ0n) is 11.6. The largest absolute Gasteiger partial charge is 0.480 e. The second-order valence-electron chi connectivity index (χ2n) is 4.82. The first kappa shape index (κ1) is 15.9. The number of rotatable bonds is 6. The summed E-state index contributed by atoms with van der Waals surface area (Å²) in [5.41, 5.74) is -0.573. The number of aromatic carboxylic acids is 1. The zero-order valence-corrected chi connectivity index (χ0v) is 11.6. The minimum Gasteiger partial charge on any atom is -0.480 e. The molecule has 1 aromatic carbocycles. The molecule has 0 saturated carbocycles. The standard InChI is InChI=1S/C14H18FNO4/c1-8(2)7-16-13(17)9(3)20-11-6-4-5-10(15)12(11)14(18)19/h4-6,8-9H,7H2,1-3H3,(H,16,17)(H,18,19). The maximum atomic E-state index is 13.4. The predicted octanol–water partition coefficient (Wildman–Crippen LogP) is 2.06. The molecule has 0 aliphatic carbocycles. The van der Waals surface area contributed by atoms with E-state index in [1.165, 1.54) is 19.1 Å². The molecule has 0 spiro atoms. The minimum absolute atomic E-state index is 0.162. The highest BCUT2D eigenvalue weighted by molar-refractivity contribution is 5.91. The Labute approximate surface area is 116 Å². The number of benzene rings is 1. The Balaban J connectivity index is 2.80. The van der Waals surface area contributed by atoms with E-state index in [1.54, 1.807) is 0 Å². The lowest BCUT2D eigenvalue weighted by Crippen LogP contribution is -2.38. The third-order valence-corrected chi connectivity index (χ3v) is 2.55. The molecule has 0 saturated heterocycles. The fourth-order valence-corrected chi connectivity index (χ4v) is 1.50. The Hall–Kier alpha value is -2.11. The number of carbonyl (C=O) groups is 2. The summed E-state index contributed by atoms with van der Waals surface area (Å²) in [6, 6.07) is 3.68. The maximum Gasteiger partial charge on any atom is 0.342 e. The maximum absolute atomic E-state index is 13.4. The van der Waals surface area contributed by atoms with E-state index in [4.69, 9.17) is 9.84 Å². The van der Waals surface area contributed by atoms with E-state index < -0.39 is 23.5 Å². The molecule has 0 radical (unpaired) electrons. The van der Waals surface area contributed by atoms with E-state index in [0.717, 1.165) is 6.07 Å². The molecule has 0 fully saturated rings. The lowest BCUT2D eigenvalue weighted by atomic mass is 10.2. The Bertz CT molecular complexity index is 502. The molecule has 1 aromatic rings. The van der Waals surface area contributed by atoms with Crippen molar-refractivity contribution in [2.24, 2.45) is 5.92 Å². The van der Waals surface area contributed by atoms with E-state index in [0.29, 0.717) is 6.54 Å². The van der Waals surface area contributed by atoms with Gasteiger partial charge < -0.3 is 15.2 Å². The number of carboxylic acids is 1. The van der Waals surface area contributed by atoms with Gasteiger partial charge in [0.1, 0.15) is 17.1 Å². The molecule has 0 heterocycles. The highest BCUT2D eigenvalue weighted by Crippen LogP contribution is 2.22. The van der Waals surface area contributed by atoms with Crippen LogP contribution < -0.4 is 10.1 Å². The van der Waals surface area contributed by atoms with E-state index >= 15 is 0 Å². The summed E-state index contributed by atoms with van der Waals surface area (Å²) < 4.78 is 18.7. The predicted molar refractivity (Wildman–Crippen MR) is 71.3 cm³/mol. The van der Waals surface area contributed by atoms with Gasteiger partial charge in [-0.05, 0) is 25.0 Å². The normalized spacial score (nSPS) is 12.1. The molecule has 0 aliphatic heterocycles. The monoisotopic (exact) mass is 283 g/mol. The first-order valence-electron chi connectivity index (χ1n) is 6.29. The second kappa shape index (κ2) is 6.88. The van der Waals surface area contributed by atoms with Crippen molar-refractivity contribution in [3.8, 4) is 5.75 Å². The number of amides is 1. The summed E-state index contributed by atoms with van der Waals surface area (Å²) in [7, 11) is 0. The SMILES string of the molecule is CC(C)CNC(=O)C(C)Oc1cccc(F)c1C(=O)O. The molecule has 1 unspecified atom stereocenters. The van der Waals surface area contributed by atoms with Crippen LogP contribution in [0.3, 0.4) is 0 Å². The van der Waals surface area contributed by atoms with E-state index in [2.05, 4.69) is 5.32 Å². The fraction of sp³-hybridized carbons (Fsp3) is 0.429. The summed E-state index contributed by atoms with van der Waals surface area (Å²) in [5.74, 6) is -2.59. The Morgan fingerprint density at radius 1 is 1.35 bits per heavy atom. The van der Waals surface area contributed by atoms with Gasteiger partial charge in [-0.1, -0.05) is 19.9 Å². The lowest BCUT2D eigenvalue weighted by Gasteiger charge is -2.17. The van der Waals surface area contributed by atoms with Crippen LogP contribution in [0, 0.1) is 11.7 Å². The highest BCUT2D eigenvalue weighted by Gasteiger charge is 2.21. The molecule has 0 aliphatic rings. The molecular weight excluding hydrogens is 265 g/mol. The van der Waals surface area contributed by atoms with Crippen molar-refractivity contribution in [3.63, 3.8) is 0 Å². The molecule has 20 heavy (non-hydrogen) atoms. The molecular formula is C14H18FNO4. The van der Waals surface area contributed by atoms with Gasteiger partial charge in [0.15, 0.2) is 6.10 Å². The van der Waals surface area contributed by atoms with E-state index in [9.17, 15) is 14.0 Å². The van der Waals surface area contributed by atoms with Crippen LogP contribution in [0.1, 0.15) is 31.1 Å². The third kappa shape index (κ3) is 4.22. The fourth-order valence-electron chi connectivity index (χ4n) is 1.50. The van der Waals surface area contributed by atoms with Gasteiger partial charge in [0, 0.05) is 6.54 Å². The van der Waals surface area contributed by atoms with Gasteiger partial charge in [0.25, 0.3) is 5.91 Å². The van der Waals surface area contributed by atoms with Crippen LogP contribution in [-0.4, -0.2) is 29.6 Å². The van der Waals surface area contributed by atoms with Crippen LogP contribution in [-0.2, 0) is 4.79 Å². The first-order valence-corrected chi connectivity index (χ1v) is 6.29. The third-order valence-electron chi connectivity index (χ3n) is 2.55. The van der Waals surface area contributed by atoms with Gasteiger partial charge in [-0.2, -0.15) is 0 Å². The smallest absolute Gasteiger partial charge is 0.342 e. The van der Waals surface area contributed by atoms with Crippen LogP contribution in [0.15, 0.2) is 18.2 Å². The number of hydrogen-bond donors (Lipinski definition) is 2. The van der Waals surface area contributed by atoms with Crippen LogP contribution >= 0.6 is 0 Å². The number of ether oxygens (including phenoxy) is 1. The van der Waals surface area contributed by atoms with Crippen molar-refractivity contribution in [2.45, 2.75) is 26.9 Å². The van der Waals surface area contributed by atoms with Gasteiger partial charge in [-0.3, -0.25) is 4.79 Å². The van der Waals surface area contributed by atoms with Crippen molar-refractivity contribution in [1.29, 1.82) is 0 Å². The minimum atomic E-state index is -1.44. The van der Waals surface area contributed by atoms with Crippen molar-refractivity contribution in [3.05, 3.63) is 29.6 Å². The molecule has 2 N–H and O–H groups in total. The van der Waals surface area contributed by atoms with Gasteiger partial charge >= 0.3 is 5.97 Å². The van der Waals surface area contributed by atoms with Crippen molar-refractivity contribution < 1.29 is 23.8 Å². The number of carbonyl (C=O) groups excluding carboxylic acids is 1. The lowest BCUT2D eigenvalue weighted by molar-refractivity contribution is -0.127. The molecule has 1 rings (SSSR count). The molecule has 0 aromatic heterocycles. The topological polar surface area (TPSA) is 75.6 Å². The van der Waals surface area contributed by atoms with Gasteiger partial charge in [0.05, 0.1) is 0 Å². The zero-order chi connectivity index (χ0) is 15.3. The summed E-state index contributed by atoms with van der Waals surface area (Å²) in [6.45, 7) is 5.86. The summed E-state index contributed by atoms with van der Waals surface area (Å²) in [4.78, 5) is 22.7. The van der Waals surface area contributed by atoms with Crippen LogP contribution in [0.4, 0.5) is 4.39 Å². The number of halogens is 1. The van der Waals surface area contributed by atoms with Gasteiger partial charge in [-0.15, -0.1) is 0 Å². The highest BCUT2D eigenvalue weighted by atomic mass is 19.1. The number of carboxylic acid groups (broad SMARTS) is 1. The first-order chi connectivity index (χ1) is 9.32. The molecule has 1 amide bonds. The van der Waals surface area contributed by atoms with E-state index in [-0.39, 0.29) is 17.6 Å². The molecule has 1 atom stereocenters. The Morgan fingerprint density at radius 2 is 2.00 bits per heavy atom. The molecule has 5 nitrogen and oxygen atoms in total. The van der Waals surface area contributed by atoms with Gasteiger partial charge in [-0.25, -0.2) is 9.18 Å². The van der Waals surface area contributed by atoms with Crippen LogP contribution in [0.5, 0.6) is 5.75 Å². The summed E-state index contributed by atoms with van der Waals surface area (Å²) in [6.07, 6.45) is -0.909. The van der Waals surface area contributed by atoms with E-state index in [1.807, 2.05) is 13.8 Å². The van der Waals surface area contributed by atoms with Gasteiger partial charge in [0.2, 0.25) is 0 Å². The number of hydrogen-bond acceptors (Lipinski definition) is 3. The average Bonchev–Trinajstić information content (AvgIpc) is 2.35. The van der Waals surface area contributed by atoms with Crippen LogP contribution in [0.2, 0.25) is 0 Å². The quantitative estimate of drug-likeness (QED) is 0.838. The second-order valence-corrected chi connectivity index (χ2v) is 4.82. The summed E-state index contributed by atoms with van der Waals surface area (Å²) >= 11 is 0. The summed E-state index contributed by atoms with van der Waals surface area (Å²) in [5, 5.41) is 11.6. The van der Waals surface area contributed by atoms with Crippen LogP contribution in [0.25, 0.3) is 0 Å². The Morgan fingerprint density at radius 3 is 2.55 bits per heavy atom. The van der Waals surface area contributed by atoms with Crippen molar-refractivity contribution in [2.75, 3.05) is 6.54 Å². The number of nitrogens with one attached hydrogen (secondary N) is 1. The average molecular weight is 283 g/mol. The molecule has 110 valence electrons.